The van der Waals surface area contributed by atoms with Gasteiger partial charge in [-0.1, -0.05) is 18.2 Å². The van der Waals surface area contributed by atoms with Gasteiger partial charge in [-0.2, -0.15) is 5.10 Å². The molecular weight excluding hydrogens is 410 g/mol. The van der Waals surface area contributed by atoms with Gasteiger partial charge < -0.3 is 10.6 Å². The van der Waals surface area contributed by atoms with Crippen LogP contribution in [-0.4, -0.2) is 61.8 Å². The Hall–Kier alpha value is -3.11. The first kappa shape index (κ1) is 20.8. The lowest BCUT2D eigenvalue weighted by molar-refractivity contribution is -0.136. The standard InChI is InChI=1S/C22H27N7O3/c23-9-17-24-20(27-26-17)15-5-2-8-28(11-15)10-13-3-1-4-14-12-29(22(32)19(13)14)16-6-7-18(30)25-21(16)31/h1,3-4,15-16H,2,5-12,23H2,(H,24,26,27)(H,25,30,31). The summed E-state index contributed by atoms with van der Waals surface area (Å²) >= 11 is 0. The summed E-state index contributed by atoms with van der Waals surface area (Å²) in [5.74, 6) is 0.936. The van der Waals surface area contributed by atoms with E-state index in [1.54, 1.807) is 4.90 Å². The SMILES string of the molecule is NCc1nc(C2CCCN(Cc3cccc4c3C(=O)N(C3CCC(=O)NC3=O)C4)C2)n[nH]1. The first-order valence-electron chi connectivity index (χ1n) is 11.1. The van der Waals surface area contributed by atoms with Gasteiger partial charge in [0.25, 0.3) is 5.91 Å². The van der Waals surface area contributed by atoms with Gasteiger partial charge in [-0.05, 0) is 36.9 Å². The molecule has 2 unspecified atom stereocenters. The molecule has 2 saturated heterocycles. The van der Waals surface area contributed by atoms with Crippen LogP contribution in [0.2, 0.25) is 0 Å². The Bertz CT molecular complexity index is 1070. The number of likely N-dealkylation sites (tertiary alicyclic amines) is 1. The van der Waals surface area contributed by atoms with Gasteiger partial charge in [-0.15, -0.1) is 0 Å². The number of fused-ring (bicyclic) bond motifs is 1. The molecule has 0 aliphatic carbocycles. The molecule has 168 valence electrons. The van der Waals surface area contributed by atoms with Crippen molar-refractivity contribution < 1.29 is 14.4 Å². The van der Waals surface area contributed by atoms with Crippen LogP contribution in [0.1, 0.15) is 64.7 Å². The van der Waals surface area contributed by atoms with Crippen LogP contribution in [0.5, 0.6) is 0 Å². The van der Waals surface area contributed by atoms with Gasteiger partial charge in [0.05, 0.1) is 6.54 Å². The van der Waals surface area contributed by atoms with Crippen LogP contribution in [0.4, 0.5) is 0 Å². The summed E-state index contributed by atoms with van der Waals surface area (Å²) in [7, 11) is 0. The number of H-pyrrole nitrogens is 1. The number of carbonyl (C=O) groups excluding carboxylic acids is 3. The number of benzene rings is 1. The zero-order chi connectivity index (χ0) is 22.2. The second kappa shape index (κ2) is 8.44. The molecule has 1 aromatic heterocycles. The first-order chi connectivity index (χ1) is 15.5. The molecule has 3 amide bonds. The number of piperidine rings is 2. The molecule has 2 atom stereocenters. The Balaban J connectivity index is 1.32. The molecule has 0 saturated carbocycles. The third kappa shape index (κ3) is 3.80. The maximum Gasteiger partial charge on any atom is 0.255 e. The minimum absolute atomic E-state index is 0.125. The summed E-state index contributed by atoms with van der Waals surface area (Å²) in [6.45, 7) is 3.15. The highest BCUT2D eigenvalue weighted by Gasteiger charge is 2.40. The van der Waals surface area contributed by atoms with Gasteiger partial charge in [0.15, 0.2) is 5.82 Å². The maximum absolute atomic E-state index is 13.3. The average Bonchev–Trinajstić information content (AvgIpc) is 3.40. The molecule has 3 aliphatic rings. The fourth-order valence-corrected chi connectivity index (χ4v) is 5.06. The van der Waals surface area contributed by atoms with E-state index >= 15 is 0 Å². The van der Waals surface area contributed by atoms with Crippen molar-refractivity contribution in [2.45, 2.75) is 57.3 Å². The van der Waals surface area contributed by atoms with Crippen molar-refractivity contribution >= 4 is 17.7 Å². The van der Waals surface area contributed by atoms with E-state index in [0.29, 0.717) is 37.4 Å². The zero-order valence-electron chi connectivity index (χ0n) is 17.8. The maximum atomic E-state index is 13.3. The summed E-state index contributed by atoms with van der Waals surface area (Å²) in [5, 5.41) is 9.58. The summed E-state index contributed by atoms with van der Waals surface area (Å²) in [5.41, 5.74) is 8.25. The highest BCUT2D eigenvalue weighted by atomic mass is 16.2. The fourth-order valence-electron chi connectivity index (χ4n) is 5.06. The van der Waals surface area contributed by atoms with Gasteiger partial charge in [0.2, 0.25) is 11.8 Å². The Morgan fingerprint density at radius 3 is 2.84 bits per heavy atom. The molecule has 32 heavy (non-hydrogen) atoms. The van der Waals surface area contributed by atoms with Crippen LogP contribution in [0.15, 0.2) is 18.2 Å². The monoisotopic (exact) mass is 437 g/mol. The molecule has 0 spiro atoms. The van der Waals surface area contributed by atoms with Crippen LogP contribution in [-0.2, 0) is 29.2 Å². The number of imide groups is 1. The molecule has 2 fully saturated rings. The van der Waals surface area contributed by atoms with Gasteiger partial charge >= 0.3 is 0 Å². The molecule has 4 heterocycles. The lowest BCUT2D eigenvalue weighted by Crippen LogP contribution is -2.52. The lowest BCUT2D eigenvalue weighted by Gasteiger charge is -2.32. The van der Waals surface area contributed by atoms with E-state index in [1.165, 1.54) is 0 Å². The van der Waals surface area contributed by atoms with Gasteiger partial charge in [0, 0.05) is 37.5 Å². The van der Waals surface area contributed by atoms with E-state index in [2.05, 4.69) is 25.4 Å². The second-order valence-corrected chi connectivity index (χ2v) is 8.77. The highest BCUT2D eigenvalue weighted by Crippen LogP contribution is 2.32. The van der Waals surface area contributed by atoms with E-state index < -0.39 is 6.04 Å². The van der Waals surface area contributed by atoms with E-state index in [-0.39, 0.29) is 30.1 Å². The number of aromatic nitrogens is 3. The molecule has 2 aromatic rings. The van der Waals surface area contributed by atoms with E-state index in [9.17, 15) is 14.4 Å². The molecule has 10 nitrogen and oxygen atoms in total. The van der Waals surface area contributed by atoms with Crippen molar-refractivity contribution in [2.24, 2.45) is 5.73 Å². The number of nitrogens with one attached hydrogen (secondary N) is 2. The Kier molecular flexibility index (Phi) is 5.48. The summed E-state index contributed by atoms with van der Waals surface area (Å²) in [6, 6.07) is 5.32. The van der Waals surface area contributed by atoms with E-state index in [4.69, 9.17) is 5.73 Å². The molecule has 4 N–H and O–H groups in total. The fraction of sp³-hybridized carbons (Fsp3) is 0.500. The number of hydrogen-bond donors (Lipinski definition) is 3. The van der Waals surface area contributed by atoms with Crippen LogP contribution in [0, 0.1) is 0 Å². The number of hydrogen-bond acceptors (Lipinski definition) is 7. The van der Waals surface area contributed by atoms with E-state index in [0.717, 1.165) is 42.9 Å². The smallest absolute Gasteiger partial charge is 0.255 e. The largest absolute Gasteiger partial charge is 0.324 e. The van der Waals surface area contributed by atoms with E-state index in [1.807, 2.05) is 18.2 Å². The van der Waals surface area contributed by atoms with Gasteiger partial charge in [-0.3, -0.25) is 29.7 Å². The second-order valence-electron chi connectivity index (χ2n) is 8.77. The Morgan fingerprint density at radius 2 is 2.06 bits per heavy atom. The summed E-state index contributed by atoms with van der Waals surface area (Å²) < 4.78 is 0. The van der Waals surface area contributed by atoms with Crippen molar-refractivity contribution in [3.63, 3.8) is 0 Å². The number of nitrogens with two attached hydrogens (primary N) is 1. The lowest BCUT2D eigenvalue weighted by atomic mass is 9.96. The van der Waals surface area contributed by atoms with Crippen LogP contribution < -0.4 is 11.1 Å². The number of aromatic amines is 1. The number of carbonyl (C=O) groups is 3. The third-order valence-corrected chi connectivity index (χ3v) is 6.65. The normalized spacial score (nSPS) is 24.0. The predicted octanol–water partition coefficient (Wildman–Crippen LogP) is 0.404. The molecule has 0 radical (unpaired) electrons. The molecular formula is C22H27N7O3. The predicted molar refractivity (Wildman–Crippen MR) is 114 cm³/mol. The van der Waals surface area contributed by atoms with Crippen molar-refractivity contribution in [1.29, 1.82) is 0 Å². The first-order valence-corrected chi connectivity index (χ1v) is 11.1. The summed E-state index contributed by atoms with van der Waals surface area (Å²) in [4.78, 5) is 45.6. The van der Waals surface area contributed by atoms with Crippen LogP contribution in [0.3, 0.4) is 0 Å². The van der Waals surface area contributed by atoms with Crippen LogP contribution in [0.25, 0.3) is 0 Å². The average molecular weight is 438 g/mol. The molecule has 0 bridgehead atoms. The van der Waals surface area contributed by atoms with Gasteiger partial charge in [-0.25, -0.2) is 4.98 Å². The molecule has 3 aliphatic heterocycles. The minimum Gasteiger partial charge on any atom is -0.324 e. The van der Waals surface area contributed by atoms with Crippen molar-refractivity contribution in [1.82, 2.24) is 30.3 Å². The number of nitrogens with zero attached hydrogens (tertiary/aromatic N) is 4. The minimum atomic E-state index is -0.595. The zero-order valence-corrected chi connectivity index (χ0v) is 17.8. The molecule has 1 aromatic carbocycles. The van der Waals surface area contributed by atoms with Crippen molar-refractivity contribution in [2.75, 3.05) is 13.1 Å². The number of amides is 3. The highest BCUT2D eigenvalue weighted by molar-refractivity contribution is 6.05. The molecule has 10 heteroatoms. The Labute approximate surface area is 185 Å². The van der Waals surface area contributed by atoms with Crippen LogP contribution >= 0.6 is 0 Å². The quantitative estimate of drug-likeness (QED) is 0.576. The number of rotatable bonds is 5. The van der Waals surface area contributed by atoms with Crippen molar-refractivity contribution in [3.05, 3.63) is 46.5 Å². The third-order valence-electron chi connectivity index (χ3n) is 6.65. The summed E-state index contributed by atoms with van der Waals surface area (Å²) in [6.07, 6.45) is 2.68. The van der Waals surface area contributed by atoms with Gasteiger partial charge in [0.1, 0.15) is 11.9 Å². The van der Waals surface area contributed by atoms with Crippen molar-refractivity contribution in [3.8, 4) is 0 Å². The Morgan fingerprint density at radius 1 is 1.19 bits per heavy atom. The molecule has 5 rings (SSSR count). The topological polar surface area (TPSA) is 137 Å².